The molecule has 0 bridgehead atoms. The van der Waals surface area contributed by atoms with Crippen LogP contribution in [0.15, 0.2) is 30.6 Å². The maximum absolute atomic E-state index is 10.7. The van der Waals surface area contributed by atoms with Gasteiger partial charge in [-0.25, -0.2) is 0 Å². The van der Waals surface area contributed by atoms with Crippen LogP contribution in [0.4, 0.5) is 0 Å². The Morgan fingerprint density at radius 1 is 1.50 bits per heavy atom. The van der Waals surface area contributed by atoms with E-state index in [1.165, 1.54) is 0 Å². The van der Waals surface area contributed by atoms with Crippen molar-refractivity contribution >= 4 is 5.97 Å². The van der Waals surface area contributed by atoms with E-state index in [1.807, 2.05) is 25.1 Å². The zero-order valence-electron chi connectivity index (χ0n) is 11.4. The first-order chi connectivity index (χ1) is 9.51. The van der Waals surface area contributed by atoms with Gasteiger partial charge in [0.05, 0.1) is 30.3 Å². The largest absolute Gasteiger partial charge is 0.481 e. The van der Waals surface area contributed by atoms with Gasteiger partial charge in [-0.05, 0) is 31.0 Å². The average molecular weight is 269 g/mol. The number of rotatable bonds is 4. The summed E-state index contributed by atoms with van der Waals surface area (Å²) in [5, 5.41) is 22.0. The number of hydrogen-bond donors (Lipinski definition) is 1. The van der Waals surface area contributed by atoms with Crippen molar-refractivity contribution in [3.63, 3.8) is 0 Å². The second kappa shape index (κ2) is 5.57. The SMILES string of the molecule is Cc1ccc(-c2cnn(C(C)CC(=O)O)c2)cc1C#N. The van der Waals surface area contributed by atoms with E-state index in [9.17, 15) is 4.79 Å². The Morgan fingerprint density at radius 2 is 2.25 bits per heavy atom. The van der Waals surface area contributed by atoms with E-state index in [2.05, 4.69) is 11.2 Å². The third-order valence-electron chi connectivity index (χ3n) is 3.21. The molecule has 1 atom stereocenters. The summed E-state index contributed by atoms with van der Waals surface area (Å²) in [6, 6.07) is 7.59. The van der Waals surface area contributed by atoms with Gasteiger partial charge in [-0.15, -0.1) is 0 Å². The molecule has 0 saturated carbocycles. The number of nitriles is 1. The van der Waals surface area contributed by atoms with Gasteiger partial charge in [0.15, 0.2) is 0 Å². The number of carboxylic acid groups (broad SMARTS) is 1. The third-order valence-corrected chi connectivity index (χ3v) is 3.21. The number of hydrogen-bond acceptors (Lipinski definition) is 3. The summed E-state index contributed by atoms with van der Waals surface area (Å²) in [5.74, 6) is -0.850. The average Bonchev–Trinajstić information content (AvgIpc) is 2.88. The predicted octanol–water partition coefficient (Wildman–Crippen LogP) is 2.77. The molecule has 0 radical (unpaired) electrons. The van der Waals surface area contributed by atoms with Crippen LogP contribution in [0.25, 0.3) is 11.1 Å². The molecular formula is C15H15N3O2. The van der Waals surface area contributed by atoms with Crippen molar-refractivity contribution in [2.24, 2.45) is 0 Å². The Morgan fingerprint density at radius 3 is 2.90 bits per heavy atom. The zero-order valence-corrected chi connectivity index (χ0v) is 11.4. The zero-order chi connectivity index (χ0) is 14.7. The molecule has 102 valence electrons. The van der Waals surface area contributed by atoms with E-state index in [0.717, 1.165) is 16.7 Å². The minimum atomic E-state index is -0.850. The topological polar surface area (TPSA) is 78.9 Å². The second-order valence-corrected chi connectivity index (χ2v) is 4.80. The van der Waals surface area contributed by atoms with E-state index >= 15 is 0 Å². The van der Waals surface area contributed by atoms with Crippen LogP contribution in [0.3, 0.4) is 0 Å². The monoisotopic (exact) mass is 269 g/mol. The highest BCUT2D eigenvalue weighted by molar-refractivity contribution is 5.67. The van der Waals surface area contributed by atoms with Crippen molar-refractivity contribution in [2.45, 2.75) is 26.3 Å². The molecule has 1 unspecified atom stereocenters. The minimum Gasteiger partial charge on any atom is -0.481 e. The number of benzene rings is 1. The van der Waals surface area contributed by atoms with Crippen molar-refractivity contribution in [1.29, 1.82) is 5.26 Å². The van der Waals surface area contributed by atoms with Gasteiger partial charge < -0.3 is 5.11 Å². The van der Waals surface area contributed by atoms with Crippen LogP contribution in [-0.4, -0.2) is 20.9 Å². The highest BCUT2D eigenvalue weighted by Gasteiger charge is 2.12. The first-order valence-electron chi connectivity index (χ1n) is 6.28. The molecule has 0 aliphatic rings. The van der Waals surface area contributed by atoms with Gasteiger partial charge in [-0.3, -0.25) is 9.48 Å². The summed E-state index contributed by atoms with van der Waals surface area (Å²) in [6.07, 6.45) is 3.52. The number of aliphatic carboxylic acids is 1. The molecule has 0 spiro atoms. The molecule has 5 heteroatoms. The van der Waals surface area contributed by atoms with Gasteiger partial charge in [0, 0.05) is 11.8 Å². The van der Waals surface area contributed by atoms with Crippen molar-refractivity contribution in [3.05, 3.63) is 41.7 Å². The molecule has 0 aliphatic heterocycles. The van der Waals surface area contributed by atoms with Gasteiger partial charge in [0.2, 0.25) is 0 Å². The van der Waals surface area contributed by atoms with Crippen LogP contribution >= 0.6 is 0 Å². The summed E-state index contributed by atoms with van der Waals surface area (Å²) in [4.78, 5) is 10.7. The number of nitrogens with zero attached hydrogens (tertiary/aromatic N) is 3. The van der Waals surface area contributed by atoms with Crippen molar-refractivity contribution in [1.82, 2.24) is 9.78 Å². The number of carbonyl (C=O) groups is 1. The van der Waals surface area contributed by atoms with Crippen molar-refractivity contribution < 1.29 is 9.90 Å². The summed E-state index contributed by atoms with van der Waals surface area (Å²) < 4.78 is 1.63. The lowest BCUT2D eigenvalue weighted by atomic mass is 10.0. The Kier molecular flexibility index (Phi) is 3.85. The van der Waals surface area contributed by atoms with Crippen LogP contribution in [0, 0.1) is 18.3 Å². The Labute approximate surface area is 117 Å². The second-order valence-electron chi connectivity index (χ2n) is 4.80. The van der Waals surface area contributed by atoms with E-state index in [1.54, 1.807) is 24.0 Å². The summed E-state index contributed by atoms with van der Waals surface area (Å²) in [6.45, 7) is 3.70. The first kappa shape index (κ1) is 13.8. The molecule has 1 N–H and O–H groups in total. The Balaban J connectivity index is 2.29. The number of aryl methyl sites for hydroxylation is 1. The fraction of sp³-hybridized carbons (Fsp3) is 0.267. The lowest BCUT2D eigenvalue weighted by Gasteiger charge is -2.08. The molecule has 5 nitrogen and oxygen atoms in total. The molecule has 1 heterocycles. The highest BCUT2D eigenvalue weighted by Crippen LogP contribution is 2.23. The maximum atomic E-state index is 10.7. The van der Waals surface area contributed by atoms with Crippen LogP contribution in [0.5, 0.6) is 0 Å². The molecular weight excluding hydrogens is 254 g/mol. The molecule has 20 heavy (non-hydrogen) atoms. The van der Waals surface area contributed by atoms with Gasteiger partial charge in [0.1, 0.15) is 0 Å². The van der Waals surface area contributed by atoms with E-state index in [0.29, 0.717) is 5.56 Å². The lowest BCUT2D eigenvalue weighted by molar-refractivity contribution is -0.137. The Hall–Kier alpha value is -2.61. The molecule has 2 rings (SSSR count). The standard InChI is InChI=1S/C15H15N3O2/c1-10-3-4-12(6-13(10)7-16)14-8-17-18(9-14)11(2)5-15(19)20/h3-4,6,8-9,11H,5H2,1-2H3,(H,19,20). The number of aromatic nitrogens is 2. The van der Waals surface area contributed by atoms with Crippen molar-refractivity contribution in [2.75, 3.05) is 0 Å². The maximum Gasteiger partial charge on any atom is 0.305 e. The molecule has 2 aromatic rings. The molecule has 0 aliphatic carbocycles. The summed E-state index contributed by atoms with van der Waals surface area (Å²) in [7, 11) is 0. The Bertz CT molecular complexity index is 683. The quantitative estimate of drug-likeness (QED) is 0.925. The predicted molar refractivity (Wildman–Crippen MR) is 74.1 cm³/mol. The first-order valence-corrected chi connectivity index (χ1v) is 6.28. The molecule has 0 saturated heterocycles. The van der Waals surface area contributed by atoms with E-state index in [-0.39, 0.29) is 12.5 Å². The van der Waals surface area contributed by atoms with Gasteiger partial charge in [-0.2, -0.15) is 10.4 Å². The van der Waals surface area contributed by atoms with E-state index in [4.69, 9.17) is 10.4 Å². The van der Waals surface area contributed by atoms with Gasteiger partial charge in [-0.1, -0.05) is 12.1 Å². The third kappa shape index (κ3) is 2.86. The van der Waals surface area contributed by atoms with E-state index < -0.39 is 5.97 Å². The van der Waals surface area contributed by atoms with Gasteiger partial charge in [0.25, 0.3) is 0 Å². The lowest BCUT2D eigenvalue weighted by Crippen LogP contribution is -2.10. The molecule has 1 aromatic carbocycles. The van der Waals surface area contributed by atoms with Gasteiger partial charge >= 0.3 is 5.97 Å². The highest BCUT2D eigenvalue weighted by atomic mass is 16.4. The summed E-state index contributed by atoms with van der Waals surface area (Å²) in [5.41, 5.74) is 3.34. The fourth-order valence-corrected chi connectivity index (χ4v) is 2.00. The number of carboxylic acids is 1. The fourth-order valence-electron chi connectivity index (χ4n) is 2.00. The molecule has 0 fully saturated rings. The van der Waals surface area contributed by atoms with Crippen LogP contribution in [0.1, 0.15) is 30.5 Å². The summed E-state index contributed by atoms with van der Waals surface area (Å²) >= 11 is 0. The normalized spacial score (nSPS) is 11.8. The molecule has 0 amide bonds. The van der Waals surface area contributed by atoms with Crippen LogP contribution in [0.2, 0.25) is 0 Å². The minimum absolute atomic E-state index is 0.0263. The van der Waals surface area contributed by atoms with Crippen LogP contribution in [-0.2, 0) is 4.79 Å². The smallest absolute Gasteiger partial charge is 0.305 e. The molecule has 1 aromatic heterocycles. The van der Waals surface area contributed by atoms with Crippen molar-refractivity contribution in [3.8, 4) is 17.2 Å². The van der Waals surface area contributed by atoms with Crippen LogP contribution < -0.4 is 0 Å².